The van der Waals surface area contributed by atoms with E-state index in [9.17, 15) is 4.39 Å². The predicted octanol–water partition coefficient (Wildman–Crippen LogP) is 3.53. The first kappa shape index (κ1) is 13.1. The number of fused-ring (bicyclic) bond motifs is 1. The van der Waals surface area contributed by atoms with Crippen LogP contribution in [0.1, 0.15) is 29.2 Å². The van der Waals surface area contributed by atoms with Crippen molar-refractivity contribution in [3.63, 3.8) is 0 Å². The summed E-state index contributed by atoms with van der Waals surface area (Å²) < 4.78 is 19.2. The molecule has 1 aliphatic rings. The molecule has 0 saturated carbocycles. The van der Waals surface area contributed by atoms with Crippen LogP contribution in [0.5, 0.6) is 5.75 Å². The van der Waals surface area contributed by atoms with Crippen molar-refractivity contribution in [3.8, 4) is 5.75 Å². The van der Waals surface area contributed by atoms with Gasteiger partial charge in [0.25, 0.3) is 0 Å². The van der Waals surface area contributed by atoms with Crippen LogP contribution in [0.4, 0.5) is 4.39 Å². The van der Waals surface area contributed by atoms with E-state index in [1.807, 2.05) is 12.1 Å². The topological polar surface area (TPSA) is 35.2 Å². The first-order chi connectivity index (χ1) is 9.65. The standard InChI is InChI=1S/C17H18FNO/c1-11-10-13(7-8-15(11)18)20-16-9-6-12-4-2-3-5-14(12)17(16)19/h2-5,7-8,10,16-17H,6,9,19H2,1H3. The second-order valence-electron chi connectivity index (χ2n) is 5.33. The highest BCUT2D eigenvalue weighted by Crippen LogP contribution is 2.31. The van der Waals surface area contributed by atoms with Gasteiger partial charge in [0.05, 0.1) is 6.04 Å². The van der Waals surface area contributed by atoms with E-state index in [0.29, 0.717) is 11.3 Å². The minimum atomic E-state index is -0.212. The van der Waals surface area contributed by atoms with Crippen LogP contribution in [0.15, 0.2) is 42.5 Å². The van der Waals surface area contributed by atoms with E-state index in [2.05, 4.69) is 12.1 Å². The molecule has 3 rings (SSSR count). The van der Waals surface area contributed by atoms with Gasteiger partial charge in [-0.15, -0.1) is 0 Å². The summed E-state index contributed by atoms with van der Waals surface area (Å²) in [6.07, 6.45) is 1.79. The quantitative estimate of drug-likeness (QED) is 0.907. The molecule has 2 aromatic carbocycles. The first-order valence-electron chi connectivity index (χ1n) is 6.91. The third kappa shape index (κ3) is 2.41. The van der Waals surface area contributed by atoms with E-state index in [-0.39, 0.29) is 18.0 Å². The third-order valence-electron chi connectivity index (χ3n) is 3.93. The summed E-state index contributed by atoms with van der Waals surface area (Å²) in [5.74, 6) is 0.472. The Labute approximate surface area is 118 Å². The SMILES string of the molecule is Cc1cc(OC2CCc3ccccc3C2N)ccc1F. The fourth-order valence-electron chi connectivity index (χ4n) is 2.76. The van der Waals surface area contributed by atoms with Gasteiger partial charge in [-0.3, -0.25) is 0 Å². The van der Waals surface area contributed by atoms with Crippen molar-refractivity contribution in [3.05, 3.63) is 65.0 Å². The lowest BCUT2D eigenvalue weighted by molar-refractivity contribution is 0.153. The largest absolute Gasteiger partial charge is 0.488 e. The van der Waals surface area contributed by atoms with Gasteiger partial charge in [0, 0.05) is 0 Å². The normalized spacial score (nSPS) is 21.4. The Morgan fingerprint density at radius 3 is 2.80 bits per heavy atom. The lowest BCUT2D eigenvalue weighted by Gasteiger charge is -2.31. The fraction of sp³-hybridized carbons (Fsp3) is 0.294. The number of ether oxygens (including phenoxy) is 1. The number of nitrogens with two attached hydrogens (primary N) is 1. The highest BCUT2D eigenvalue weighted by Gasteiger charge is 2.27. The number of benzene rings is 2. The monoisotopic (exact) mass is 271 g/mol. The molecule has 0 amide bonds. The molecule has 0 bridgehead atoms. The molecule has 2 aromatic rings. The van der Waals surface area contributed by atoms with E-state index >= 15 is 0 Å². The van der Waals surface area contributed by atoms with Crippen LogP contribution in [0, 0.1) is 12.7 Å². The summed E-state index contributed by atoms with van der Waals surface area (Å²) in [7, 11) is 0. The van der Waals surface area contributed by atoms with Crippen LogP contribution in [-0.4, -0.2) is 6.10 Å². The zero-order chi connectivity index (χ0) is 14.1. The Hall–Kier alpha value is -1.87. The summed E-state index contributed by atoms with van der Waals surface area (Å²) >= 11 is 0. The van der Waals surface area contributed by atoms with Crippen molar-refractivity contribution in [2.75, 3.05) is 0 Å². The van der Waals surface area contributed by atoms with Gasteiger partial charge in [0.1, 0.15) is 17.7 Å². The Kier molecular flexibility index (Phi) is 3.45. The molecule has 2 N–H and O–H groups in total. The molecule has 0 radical (unpaired) electrons. The molecule has 20 heavy (non-hydrogen) atoms. The molecule has 0 aliphatic heterocycles. The molecule has 2 atom stereocenters. The zero-order valence-corrected chi connectivity index (χ0v) is 11.5. The zero-order valence-electron chi connectivity index (χ0n) is 11.5. The number of halogens is 1. The van der Waals surface area contributed by atoms with Crippen molar-refractivity contribution >= 4 is 0 Å². The Bertz CT molecular complexity index is 626. The maximum Gasteiger partial charge on any atom is 0.126 e. The molecule has 0 heterocycles. The van der Waals surface area contributed by atoms with E-state index in [0.717, 1.165) is 18.4 Å². The van der Waals surface area contributed by atoms with Gasteiger partial charge in [-0.2, -0.15) is 0 Å². The van der Waals surface area contributed by atoms with E-state index < -0.39 is 0 Å². The second kappa shape index (κ2) is 5.25. The average Bonchev–Trinajstić information content (AvgIpc) is 2.46. The van der Waals surface area contributed by atoms with E-state index in [4.69, 9.17) is 10.5 Å². The van der Waals surface area contributed by atoms with Crippen LogP contribution >= 0.6 is 0 Å². The molecule has 0 saturated heterocycles. The summed E-state index contributed by atoms with van der Waals surface area (Å²) in [5, 5.41) is 0. The fourth-order valence-corrected chi connectivity index (χ4v) is 2.76. The molecule has 1 aliphatic carbocycles. The Morgan fingerprint density at radius 2 is 2.00 bits per heavy atom. The second-order valence-corrected chi connectivity index (χ2v) is 5.33. The summed E-state index contributed by atoms with van der Waals surface area (Å²) in [6.45, 7) is 1.73. The van der Waals surface area contributed by atoms with Gasteiger partial charge >= 0.3 is 0 Å². The van der Waals surface area contributed by atoms with Gasteiger partial charge in [-0.05, 0) is 54.7 Å². The van der Waals surface area contributed by atoms with Crippen molar-refractivity contribution in [1.82, 2.24) is 0 Å². The van der Waals surface area contributed by atoms with E-state index in [1.54, 1.807) is 19.1 Å². The minimum absolute atomic E-state index is 0.0604. The molecular formula is C17H18FNO. The Balaban J connectivity index is 1.81. The first-order valence-corrected chi connectivity index (χ1v) is 6.91. The predicted molar refractivity (Wildman–Crippen MR) is 77.2 cm³/mol. The average molecular weight is 271 g/mol. The van der Waals surface area contributed by atoms with Crippen LogP contribution < -0.4 is 10.5 Å². The highest BCUT2D eigenvalue weighted by atomic mass is 19.1. The lowest BCUT2D eigenvalue weighted by Crippen LogP contribution is -2.35. The van der Waals surface area contributed by atoms with Crippen molar-refractivity contribution in [2.24, 2.45) is 5.73 Å². The number of aryl methyl sites for hydroxylation is 2. The van der Waals surface area contributed by atoms with Gasteiger partial charge in [0.15, 0.2) is 0 Å². The Morgan fingerprint density at radius 1 is 1.20 bits per heavy atom. The molecular weight excluding hydrogens is 253 g/mol. The number of rotatable bonds is 2. The molecule has 3 heteroatoms. The third-order valence-corrected chi connectivity index (χ3v) is 3.93. The van der Waals surface area contributed by atoms with Crippen molar-refractivity contribution in [2.45, 2.75) is 31.9 Å². The molecule has 0 aromatic heterocycles. The van der Waals surface area contributed by atoms with Crippen molar-refractivity contribution in [1.29, 1.82) is 0 Å². The molecule has 2 nitrogen and oxygen atoms in total. The molecule has 0 fully saturated rings. The molecule has 2 unspecified atom stereocenters. The minimum Gasteiger partial charge on any atom is -0.488 e. The van der Waals surface area contributed by atoms with Crippen molar-refractivity contribution < 1.29 is 9.13 Å². The smallest absolute Gasteiger partial charge is 0.126 e. The highest BCUT2D eigenvalue weighted by molar-refractivity contribution is 5.34. The summed E-state index contributed by atoms with van der Waals surface area (Å²) in [6, 6.07) is 12.9. The van der Waals surface area contributed by atoms with Gasteiger partial charge in [-0.25, -0.2) is 4.39 Å². The van der Waals surface area contributed by atoms with E-state index in [1.165, 1.54) is 11.6 Å². The maximum absolute atomic E-state index is 13.3. The van der Waals surface area contributed by atoms with Gasteiger partial charge in [0.2, 0.25) is 0 Å². The maximum atomic E-state index is 13.3. The van der Waals surface area contributed by atoms with Gasteiger partial charge < -0.3 is 10.5 Å². The molecule has 104 valence electrons. The molecule has 0 spiro atoms. The van der Waals surface area contributed by atoms with Crippen LogP contribution in [0.3, 0.4) is 0 Å². The number of hydrogen-bond acceptors (Lipinski definition) is 2. The van der Waals surface area contributed by atoms with Gasteiger partial charge in [-0.1, -0.05) is 24.3 Å². The number of hydrogen-bond donors (Lipinski definition) is 1. The summed E-state index contributed by atoms with van der Waals surface area (Å²) in [5.41, 5.74) is 9.35. The van der Waals surface area contributed by atoms with Crippen LogP contribution in [0.2, 0.25) is 0 Å². The van der Waals surface area contributed by atoms with Crippen LogP contribution in [-0.2, 0) is 6.42 Å². The lowest BCUT2D eigenvalue weighted by atomic mass is 9.86. The van der Waals surface area contributed by atoms with Crippen LogP contribution in [0.25, 0.3) is 0 Å². The summed E-state index contributed by atoms with van der Waals surface area (Å²) in [4.78, 5) is 0.